The van der Waals surface area contributed by atoms with Gasteiger partial charge in [-0.1, -0.05) is 30.3 Å². The first-order chi connectivity index (χ1) is 9.66. The molecule has 0 aliphatic carbocycles. The van der Waals surface area contributed by atoms with Crippen LogP contribution in [0, 0.1) is 0 Å². The predicted molar refractivity (Wildman–Crippen MR) is 80.9 cm³/mol. The maximum absolute atomic E-state index is 11.3. The third-order valence-corrected chi connectivity index (χ3v) is 4.35. The Bertz CT molecular complexity index is 554. The van der Waals surface area contributed by atoms with Gasteiger partial charge in [-0.3, -0.25) is 9.48 Å². The van der Waals surface area contributed by atoms with Crippen LogP contribution >= 0.6 is 11.8 Å². The Morgan fingerprint density at radius 3 is 2.70 bits per heavy atom. The number of hydrogen-bond acceptors (Lipinski definition) is 3. The number of carbonyl (C=O) groups is 1. The average molecular weight is 290 g/mol. The molecule has 0 aliphatic heterocycles. The summed E-state index contributed by atoms with van der Waals surface area (Å²) in [5, 5.41) is 13.0. The van der Waals surface area contributed by atoms with Crippen molar-refractivity contribution in [2.45, 2.75) is 18.1 Å². The van der Waals surface area contributed by atoms with Crippen molar-refractivity contribution in [1.29, 1.82) is 0 Å². The first-order valence-corrected chi connectivity index (χ1v) is 7.57. The van der Waals surface area contributed by atoms with Gasteiger partial charge in [-0.2, -0.15) is 5.10 Å². The Morgan fingerprint density at radius 2 is 2.10 bits per heavy atom. The molecule has 0 fully saturated rings. The minimum atomic E-state index is -0.746. The molecule has 0 aliphatic rings. The van der Waals surface area contributed by atoms with Gasteiger partial charge in [0.1, 0.15) is 5.25 Å². The zero-order valence-corrected chi connectivity index (χ0v) is 12.2. The fourth-order valence-corrected chi connectivity index (χ4v) is 3.06. The summed E-state index contributed by atoms with van der Waals surface area (Å²) >= 11 is 1.49. The van der Waals surface area contributed by atoms with Gasteiger partial charge in [-0.15, -0.1) is 11.8 Å². The number of nitrogens with zero attached hydrogens (tertiary/aromatic N) is 2. The van der Waals surface area contributed by atoms with Crippen molar-refractivity contribution in [3.8, 4) is 0 Å². The van der Waals surface area contributed by atoms with Crippen molar-refractivity contribution in [3.63, 3.8) is 0 Å². The summed E-state index contributed by atoms with van der Waals surface area (Å²) in [5.74, 6) is 0.0347. The molecule has 1 aromatic heterocycles. The van der Waals surface area contributed by atoms with E-state index in [0.29, 0.717) is 6.42 Å². The van der Waals surface area contributed by atoms with E-state index in [1.54, 1.807) is 6.20 Å². The Labute approximate surface area is 122 Å². The minimum absolute atomic E-state index is 0.398. The van der Waals surface area contributed by atoms with Gasteiger partial charge in [0.2, 0.25) is 0 Å². The molecule has 1 N–H and O–H groups in total. The van der Waals surface area contributed by atoms with Crippen LogP contribution in [0.2, 0.25) is 0 Å². The minimum Gasteiger partial charge on any atom is -0.480 e. The molecule has 2 aromatic rings. The summed E-state index contributed by atoms with van der Waals surface area (Å²) in [5.41, 5.74) is 2.19. The fourth-order valence-electron chi connectivity index (χ4n) is 2.00. The van der Waals surface area contributed by atoms with E-state index in [-0.39, 0.29) is 0 Å². The van der Waals surface area contributed by atoms with Crippen LogP contribution in [0.15, 0.2) is 42.6 Å². The highest BCUT2D eigenvalue weighted by molar-refractivity contribution is 8.00. The van der Waals surface area contributed by atoms with Crippen LogP contribution in [0.25, 0.3) is 0 Å². The molecule has 2 rings (SSSR count). The zero-order valence-electron chi connectivity index (χ0n) is 11.4. The molecule has 0 amide bonds. The number of benzene rings is 1. The van der Waals surface area contributed by atoms with Crippen molar-refractivity contribution in [3.05, 3.63) is 53.9 Å². The Balaban J connectivity index is 1.87. The number of carboxylic acid groups (broad SMARTS) is 1. The number of aromatic nitrogens is 2. The van der Waals surface area contributed by atoms with Gasteiger partial charge >= 0.3 is 5.97 Å². The molecule has 1 aromatic carbocycles. The SMILES string of the molecule is Cn1nccc1CCSC(Cc1ccccc1)C(=O)O. The van der Waals surface area contributed by atoms with Gasteiger partial charge in [0.15, 0.2) is 0 Å². The second-order valence-corrected chi connectivity index (χ2v) is 5.89. The third-order valence-electron chi connectivity index (χ3n) is 3.14. The standard InChI is InChI=1S/C15H18N2O2S/c1-17-13(7-9-16-17)8-10-20-14(15(18)19)11-12-5-3-2-4-6-12/h2-7,9,14H,8,10-11H2,1H3,(H,18,19). The molecule has 0 saturated carbocycles. The van der Waals surface area contributed by atoms with Crippen LogP contribution < -0.4 is 0 Å². The first kappa shape index (κ1) is 14.7. The largest absolute Gasteiger partial charge is 0.480 e. The fraction of sp³-hybridized carbons (Fsp3) is 0.333. The molecule has 0 radical (unpaired) electrons. The lowest BCUT2D eigenvalue weighted by atomic mass is 10.1. The van der Waals surface area contributed by atoms with E-state index in [1.165, 1.54) is 11.8 Å². The highest BCUT2D eigenvalue weighted by atomic mass is 32.2. The van der Waals surface area contributed by atoms with E-state index in [1.807, 2.05) is 48.1 Å². The Kier molecular flexibility index (Phi) is 5.24. The Morgan fingerprint density at radius 1 is 1.35 bits per heavy atom. The second kappa shape index (κ2) is 7.14. The van der Waals surface area contributed by atoms with E-state index in [0.717, 1.165) is 23.4 Å². The summed E-state index contributed by atoms with van der Waals surface area (Å²) in [6.45, 7) is 0. The van der Waals surface area contributed by atoms with E-state index in [2.05, 4.69) is 5.10 Å². The van der Waals surface area contributed by atoms with E-state index in [9.17, 15) is 9.90 Å². The lowest BCUT2D eigenvalue weighted by molar-refractivity contribution is -0.136. The summed E-state index contributed by atoms with van der Waals surface area (Å²) in [4.78, 5) is 11.3. The van der Waals surface area contributed by atoms with Crippen LogP contribution in [-0.2, 0) is 24.7 Å². The van der Waals surface area contributed by atoms with Gasteiger partial charge in [0, 0.05) is 18.9 Å². The van der Waals surface area contributed by atoms with E-state index < -0.39 is 11.2 Å². The molecule has 0 spiro atoms. The maximum Gasteiger partial charge on any atom is 0.316 e. The maximum atomic E-state index is 11.3. The number of carboxylic acids is 1. The van der Waals surface area contributed by atoms with Crippen molar-refractivity contribution in [1.82, 2.24) is 9.78 Å². The molecular formula is C15H18N2O2S. The molecule has 1 unspecified atom stereocenters. The molecule has 20 heavy (non-hydrogen) atoms. The molecule has 106 valence electrons. The quantitative estimate of drug-likeness (QED) is 0.850. The normalized spacial score (nSPS) is 12.2. The van der Waals surface area contributed by atoms with Crippen molar-refractivity contribution >= 4 is 17.7 Å². The second-order valence-electron chi connectivity index (χ2n) is 4.58. The summed E-state index contributed by atoms with van der Waals surface area (Å²) in [6, 6.07) is 11.7. The molecule has 5 heteroatoms. The zero-order chi connectivity index (χ0) is 14.4. The van der Waals surface area contributed by atoms with Crippen LogP contribution in [0.5, 0.6) is 0 Å². The molecule has 1 heterocycles. The molecule has 4 nitrogen and oxygen atoms in total. The topological polar surface area (TPSA) is 55.1 Å². The number of thioether (sulfide) groups is 1. The molecule has 0 saturated heterocycles. The number of aliphatic carboxylic acids is 1. The molecule has 0 bridgehead atoms. The first-order valence-electron chi connectivity index (χ1n) is 6.52. The number of hydrogen-bond donors (Lipinski definition) is 1. The van der Waals surface area contributed by atoms with Gasteiger partial charge < -0.3 is 5.11 Å². The van der Waals surface area contributed by atoms with E-state index >= 15 is 0 Å². The van der Waals surface area contributed by atoms with Gasteiger partial charge in [0.25, 0.3) is 0 Å². The van der Waals surface area contributed by atoms with Gasteiger partial charge in [-0.05, 0) is 30.2 Å². The van der Waals surface area contributed by atoms with Crippen molar-refractivity contribution < 1.29 is 9.90 Å². The van der Waals surface area contributed by atoms with Crippen molar-refractivity contribution in [2.75, 3.05) is 5.75 Å². The van der Waals surface area contributed by atoms with Crippen molar-refractivity contribution in [2.24, 2.45) is 7.05 Å². The lowest BCUT2D eigenvalue weighted by Gasteiger charge is -2.12. The highest BCUT2D eigenvalue weighted by Crippen LogP contribution is 2.18. The number of aryl methyl sites for hydroxylation is 2. The smallest absolute Gasteiger partial charge is 0.316 e. The summed E-state index contributed by atoms with van der Waals surface area (Å²) < 4.78 is 1.83. The highest BCUT2D eigenvalue weighted by Gasteiger charge is 2.18. The van der Waals surface area contributed by atoms with Crippen LogP contribution in [-0.4, -0.2) is 31.9 Å². The molecule has 1 atom stereocenters. The Hall–Kier alpha value is -1.75. The van der Waals surface area contributed by atoms with Gasteiger partial charge in [-0.25, -0.2) is 0 Å². The summed E-state index contributed by atoms with van der Waals surface area (Å²) in [7, 11) is 1.90. The number of rotatable bonds is 7. The monoisotopic (exact) mass is 290 g/mol. The predicted octanol–water partition coefficient (Wildman–Crippen LogP) is 2.39. The van der Waals surface area contributed by atoms with Crippen LogP contribution in [0.1, 0.15) is 11.3 Å². The summed E-state index contributed by atoms with van der Waals surface area (Å²) in [6.07, 6.45) is 3.16. The van der Waals surface area contributed by atoms with Crippen LogP contribution in [0.3, 0.4) is 0 Å². The van der Waals surface area contributed by atoms with E-state index in [4.69, 9.17) is 0 Å². The molecular weight excluding hydrogens is 272 g/mol. The average Bonchev–Trinajstić information content (AvgIpc) is 2.84. The lowest BCUT2D eigenvalue weighted by Crippen LogP contribution is -2.20. The third kappa shape index (κ3) is 4.13. The van der Waals surface area contributed by atoms with Gasteiger partial charge in [0.05, 0.1) is 0 Å². The van der Waals surface area contributed by atoms with Crippen LogP contribution in [0.4, 0.5) is 0 Å².